The molecular weight excluding hydrogens is 578 g/mol. The molecule has 10 nitrogen and oxygen atoms in total. The molecular formula is C26H26F6N4O6. The fourth-order valence-corrected chi connectivity index (χ4v) is 4.33. The van der Waals surface area contributed by atoms with Crippen molar-refractivity contribution in [1.29, 1.82) is 0 Å². The van der Waals surface area contributed by atoms with Gasteiger partial charge in [0.15, 0.2) is 0 Å². The Morgan fingerprint density at radius 2 is 1.69 bits per heavy atom. The van der Waals surface area contributed by atoms with Crippen LogP contribution in [-0.2, 0) is 34.0 Å². The normalized spacial score (nSPS) is 18.3. The van der Waals surface area contributed by atoms with Gasteiger partial charge in [-0.25, -0.2) is 14.6 Å². The molecule has 5 rings (SSSR count). The molecule has 42 heavy (non-hydrogen) atoms. The number of imidazole rings is 1. The summed E-state index contributed by atoms with van der Waals surface area (Å²) in [7, 11) is 1.70. The SMILES string of the molecule is COc1cccc(-c2cnc3n2CC2(CCN(Cc4cccnc4)C2)OC3)c1.O=C(O)C(F)(F)F.O=C(O)C(F)(F)F. The standard InChI is InChI=1S/C22H24N4O2.2C2HF3O2/c1-27-19-6-2-5-18(10-19)20-12-24-21-14-28-22(16-26(20)21)7-9-25(15-22)13-17-4-3-8-23-11-17;2*3-2(4,5)1(6)7/h2-6,8,10-12H,7,9,13-16H2,1H3;2*(H,6,7). The highest BCUT2D eigenvalue weighted by Gasteiger charge is 2.43. The van der Waals surface area contributed by atoms with Gasteiger partial charge < -0.3 is 24.3 Å². The molecule has 2 N–H and O–H groups in total. The van der Waals surface area contributed by atoms with E-state index in [4.69, 9.17) is 29.3 Å². The number of hydrogen-bond donors (Lipinski definition) is 2. The van der Waals surface area contributed by atoms with Gasteiger partial charge in [0, 0.05) is 37.6 Å². The highest BCUT2D eigenvalue weighted by atomic mass is 19.4. The Balaban J connectivity index is 0.000000289. The van der Waals surface area contributed by atoms with Gasteiger partial charge in [-0.3, -0.25) is 9.88 Å². The van der Waals surface area contributed by atoms with E-state index in [2.05, 4.69) is 37.6 Å². The summed E-state index contributed by atoms with van der Waals surface area (Å²) in [6.07, 6.45) is -3.42. The Hall–Kier alpha value is -4.18. The molecule has 0 aliphatic carbocycles. The zero-order valence-electron chi connectivity index (χ0n) is 22.0. The number of aliphatic carboxylic acids is 2. The molecule has 1 spiro atoms. The van der Waals surface area contributed by atoms with Crippen LogP contribution in [0.3, 0.4) is 0 Å². The molecule has 0 radical (unpaired) electrons. The lowest BCUT2D eigenvalue weighted by atomic mass is 10.0. The van der Waals surface area contributed by atoms with E-state index in [0.29, 0.717) is 6.61 Å². The van der Waals surface area contributed by atoms with Crippen LogP contribution in [0.5, 0.6) is 5.75 Å². The van der Waals surface area contributed by atoms with Crippen LogP contribution in [0.4, 0.5) is 26.3 Å². The maximum Gasteiger partial charge on any atom is 0.490 e. The summed E-state index contributed by atoms with van der Waals surface area (Å²) < 4.78 is 77.5. The van der Waals surface area contributed by atoms with Gasteiger partial charge in [-0.1, -0.05) is 18.2 Å². The highest BCUT2D eigenvalue weighted by Crippen LogP contribution is 2.36. The first kappa shape index (κ1) is 32.3. The third-order valence-corrected chi connectivity index (χ3v) is 6.27. The van der Waals surface area contributed by atoms with Gasteiger partial charge in [0.25, 0.3) is 0 Å². The van der Waals surface area contributed by atoms with Crippen LogP contribution in [-0.4, -0.2) is 79.7 Å². The van der Waals surface area contributed by atoms with Gasteiger partial charge in [0.2, 0.25) is 0 Å². The number of fused-ring (bicyclic) bond motifs is 1. The second kappa shape index (κ2) is 13.2. The molecule has 1 saturated heterocycles. The predicted octanol–water partition coefficient (Wildman–Crippen LogP) is 4.40. The average Bonchev–Trinajstić information content (AvgIpc) is 3.52. The van der Waals surface area contributed by atoms with Crippen molar-refractivity contribution >= 4 is 11.9 Å². The Bertz CT molecular complexity index is 1340. The summed E-state index contributed by atoms with van der Waals surface area (Å²) in [6.45, 7) is 4.27. The molecule has 1 atom stereocenters. The Morgan fingerprint density at radius 1 is 1.02 bits per heavy atom. The van der Waals surface area contributed by atoms with Gasteiger partial charge in [0.05, 0.1) is 25.5 Å². The molecule has 2 aliphatic heterocycles. The fourth-order valence-electron chi connectivity index (χ4n) is 4.33. The number of aromatic nitrogens is 3. The molecule has 2 aromatic heterocycles. The molecule has 228 valence electrons. The molecule has 1 unspecified atom stereocenters. The average molecular weight is 605 g/mol. The first-order valence-corrected chi connectivity index (χ1v) is 12.2. The topological polar surface area (TPSA) is 127 Å². The lowest BCUT2D eigenvalue weighted by molar-refractivity contribution is -0.193. The van der Waals surface area contributed by atoms with Crippen LogP contribution in [0.25, 0.3) is 11.3 Å². The fraction of sp³-hybridized carbons (Fsp3) is 0.385. The molecule has 0 bridgehead atoms. The summed E-state index contributed by atoms with van der Waals surface area (Å²) in [4.78, 5) is 29.1. The number of carboxylic acid groups (broad SMARTS) is 2. The van der Waals surface area contributed by atoms with Crippen molar-refractivity contribution in [1.82, 2.24) is 19.4 Å². The van der Waals surface area contributed by atoms with E-state index in [0.717, 1.165) is 55.4 Å². The maximum atomic E-state index is 10.6. The van der Waals surface area contributed by atoms with Gasteiger partial charge in [-0.2, -0.15) is 26.3 Å². The minimum absolute atomic E-state index is 0.149. The van der Waals surface area contributed by atoms with Crippen molar-refractivity contribution in [2.75, 3.05) is 20.2 Å². The van der Waals surface area contributed by atoms with Crippen molar-refractivity contribution in [3.05, 3.63) is 66.4 Å². The first-order chi connectivity index (χ1) is 19.6. The number of carbonyl (C=O) groups is 2. The Kier molecular flexibility index (Phi) is 10.2. The van der Waals surface area contributed by atoms with Crippen molar-refractivity contribution < 1.29 is 55.6 Å². The minimum atomic E-state index is -5.08. The van der Waals surface area contributed by atoms with E-state index >= 15 is 0 Å². The number of halogens is 6. The summed E-state index contributed by atoms with van der Waals surface area (Å²) >= 11 is 0. The molecule has 1 fully saturated rings. The van der Waals surface area contributed by atoms with Crippen molar-refractivity contribution in [2.45, 2.75) is 44.1 Å². The summed E-state index contributed by atoms with van der Waals surface area (Å²) in [5.74, 6) is -3.66. The number of hydrogen-bond acceptors (Lipinski definition) is 7. The number of carboxylic acids is 2. The van der Waals surface area contributed by atoms with E-state index < -0.39 is 24.3 Å². The van der Waals surface area contributed by atoms with Crippen LogP contribution in [0.15, 0.2) is 55.0 Å². The molecule has 3 aromatic rings. The van der Waals surface area contributed by atoms with E-state index in [9.17, 15) is 26.3 Å². The van der Waals surface area contributed by atoms with Crippen LogP contribution in [0.1, 0.15) is 17.8 Å². The predicted molar refractivity (Wildman–Crippen MR) is 133 cm³/mol. The largest absolute Gasteiger partial charge is 0.497 e. The van der Waals surface area contributed by atoms with Crippen molar-refractivity contribution in [2.24, 2.45) is 0 Å². The third kappa shape index (κ3) is 8.66. The van der Waals surface area contributed by atoms with Crippen LogP contribution in [0.2, 0.25) is 0 Å². The van der Waals surface area contributed by atoms with Crippen LogP contribution >= 0.6 is 0 Å². The molecule has 0 amide bonds. The Morgan fingerprint density at radius 3 is 2.26 bits per heavy atom. The van der Waals surface area contributed by atoms with Crippen LogP contribution < -0.4 is 4.74 Å². The lowest BCUT2D eigenvalue weighted by Gasteiger charge is -2.35. The summed E-state index contributed by atoms with van der Waals surface area (Å²) in [6, 6.07) is 12.3. The second-order valence-electron chi connectivity index (χ2n) is 9.28. The highest BCUT2D eigenvalue weighted by molar-refractivity contribution is 5.73. The number of likely N-dealkylation sites (tertiary alicyclic amines) is 1. The van der Waals surface area contributed by atoms with Gasteiger partial charge in [-0.05, 0) is 30.2 Å². The lowest BCUT2D eigenvalue weighted by Crippen LogP contribution is -2.44. The zero-order valence-corrected chi connectivity index (χ0v) is 22.0. The summed E-state index contributed by atoms with van der Waals surface area (Å²) in [5.41, 5.74) is 3.35. The smallest absolute Gasteiger partial charge is 0.490 e. The van der Waals surface area contributed by atoms with Gasteiger partial charge >= 0.3 is 24.3 Å². The number of ether oxygens (including phenoxy) is 2. The molecule has 0 saturated carbocycles. The van der Waals surface area contributed by atoms with E-state index in [1.807, 2.05) is 36.8 Å². The monoisotopic (exact) mass is 604 g/mol. The minimum Gasteiger partial charge on any atom is -0.497 e. The maximum absolute atomic E-state index is 10.6. The number of nitrogens with zero attached hydrogens (tertiary/aromatic N) is 4. The first-order valence-electron chi connectivity index (χ1n) is 12.2. The van der Waals surface area contributed by atoms with Gasteiger partial charge in [0.1, 0.15) is 23.8 Å². The third-order valence-electron chi connectivity index (χ3n) is 6.27. The Labute approximate surface area is 235 Å². The quantitative estimate of drug-likeness (QED) is 0.417. The van der Waals surface area contributed by atoms with E-state index in [1.54, 1.807) is 7.11 Å². The van der Waals surface area contributed by atoms with Crippen LogP contribution in [0, 0.1) is 0 Å². The number of benzene rings is 1. The second-order valence-corrected chi connectivity index (χ2v) is 9.28. The van der Waals surface area contributed by atoms with Crippen molar-refractivity contribution in [3.63, 3.8) is 0 Å². The molecule has 2 aliphatic rings. The molecule has 16 heteroatoms. The summed E-state index contributed by atoms with van der Waals surface area (Å²) in [5, 5.41) is 14.2. The number of alkyl halides is 6. The van der Waals surface area contributed by atoms with Crippen molar-refractivity contribution in [3.8, 4) is 17.0 Å². The molecule has 1 aromatic carbocycles. The number of pyridine rings is 1. The zero-order chi connectivity index (χ0) is 31.1. The van der Waals surface area contributed by atoms with E-state index in [-0.39, 0.29) is 5.60 Å². The number of rotatable bonds is 4. The van der Waals surface area contributed by atoms with Gasteiger partial charge in [-0.15, -0.1) is 0 Å². The number of methoxy groups -OCH3 is 1. The van der Waals surface area contributed by atoms with E-state index in [1.165, 1.54) is 5.56 Å². The molecule has 4 heterocycles.